The van der Waals surface area contributed by atoms with Gasteiger partial charge in [-0.15, -0.1) is 0 Å². The van der Waals surface area contributed by atoms with Crippen LogP contribution in [0.15, 0.2) is 35.2 Å². The summed E-state index contributed by atoms with van der Waals surface area (Å²) >= 11 is 0. The molecule has 0 saturated carbocycles. The van der Waals surface area contributed by atoms with Gasteiger partial charge in [-0.1, -0.05) is 12.1 Å². The zero-order chi connectivity index (χ0) is 18.6. The molecule has 3 N–H and O–H groups in total. The summed E-state index contributed by atoms with van der Waals surface area (Å²) in [4.78, 5) is 26.2. The Bertz CT molecular complexity index is 1060. The van der Waals surface area contributed by atoms with Gasteiger partial charge in [-0.3, -0.25) is 9.59 Å². The number of nitrogens with two attached hydrogens (primary N) is 1. The van der Waals surface area contributed by atoms with E-state index in [2.05, 4.69) is 10.2 Å². The highest BCUT2D eigenvalue weighted by atomic mass is 32.2. The van der Waals surface area contributed by atoms with Gasteiger partial charge in [0.15, 0.2) is 0 Å². The number of carbonyl (C=O) groups is 2. The lowest BCUT2D eigenvalue weighted by Crippen LogP contribution is -2.27. The van der Waals surface area contributed by atoms with Gasteiger partial charge in [0.1, 0.15) is 0 Å². The second kappa shape index (κ2) is 5.73. The highest BCUT2D eigenvalue weighted by Crippen LogP contribution is 2.39. The number of primary sulfonamides is 1. The molecule has 0 bridgehead atoms. The van der Waals surface area contributed by atoms with Crippen LogP contribution in [0.3, 0.4) is 0 Å². The van der Waals surface area contributed by atoms with Gasteiger partial charge in [-0.05, 0) is 53.9 Å². The number of benzene rings is 2. The third-order valence-corrected chi connectivity index (χ3v) is 5.83. The van der Waals surface area contributed by atoms with Crippen molar-refractivity contribution in [1.82, 2.24) is 4.90 Å². The van der Waals surface area contributed by atoms with Crippen LogP contribution < -0.4 is 10.5 Å². The van der Waals surface area contributed by atoms with Crippen molar-refractivity contribution in [2.24, 2.45) is 5.14 Å². The van der Waals surface area contributed by atoms with Crippen LogP contribution in [-0.4, -0.2) is 38.6 Å². The number of anilines is 1. The van der Waals surface area contributed by atoms with Crippen molar-refractivity contribution in [3.05, 3.63) is 47.0 Å². The molecule has 8 heteroatoms. The maximum absolute atomic E-state index is 12.2. The molecule has 26 heavy (non-hydrogen) atoms. The first-order chi connectivity index (χ1) is 12.3. The number of rotatable bonds is 2. The van der Waals surface area contributed by atoms with E-state index in [0.29, 0.717) is 17.8 Å². The molecular weight excluding hydrogens is 354 g/mol. The van der Waals surface area contributed by atoms with E-state index in [-0.39, 0.29) is 4.90 Å². The molecule has 4 rings (SSSR count). The fraction of sp³-hybridized carbons (Fsp3) is 0.222. The molecule has 2 aromatic rings. The van der Waals surface area contributed by atoms with Crippen molar-refractivity contribution in [3.8, 4) is 11.1 Å². The number of amides is 1. The SMILES string of the molecule is CN1CCc2c(-c3ccc(S(N)(=O)=O)cc3)cc3c(c2C1)NC(=O)C3=O. The Morgan fingerprint density at radius 1 is 1.08 bits per heavy atom. The first-order valence-corrected chi connectivity index (χ1v) is 9.66. The van der Waals surface area contributed by atoms with Crippen molar-refractivity contribution >= 4 is 27.4 Å². The van der Waals surface area contributed by atoms with Gasteiger partial charge in [-0.2, -0.15) is 0 Å². The van der Waals surface area contributed by atoms with Gasteiger partial charge >= 0.3 is 0 Å². The minimum absolute atomic E-state index is 0.0314. The van der Waals surface area contributed by atoms with Gasteiger partial charge in [0.25, 0.3) is 11.7 Å². The fourth-order valence-electron chi connectivity index (χ4n) is 3.59. The van der Waals surface area contributed by atoms with Crippen molar-refractivity contribution < 1.29 is 18.0 Å². The first-order valence-electron chi connectivity index (χ1n) is 8.12. The Labute approximate surface area is 150 Å². The Kier molecular flexibility index (Phi) is 3.72. The standard InChI is InChI=1S/C18H17N3O4S/c1-21-7-6-12-13(10-2-4-11(5-3-10)26(19,24)25)8-14-16(15(12)9-21)20-18(23)17(14)22/h2-5,8H,6-7,9H2,1H3,(H2,19,24,25)(H,20,22,23). The average Bonchev–Trinajstić information content (AvgIpc) is 2.88. The summed E-state index contributed by atoms with van der Waals surface area (Å²) in [6.45, 7) is 1.49. The van der Waals surface area contributed by atoms with E-state index < -0.39 is 21.7 Å². The van der Waals surface area contributed by atoms with Crippen LogP contribution in [0, 0.1) is 0 Å². The number of nitrogens with one attached hydrogen (secondary N) is 1. The zero-order valence-electron chi connectivity index (χ0n) is 14.1. The molecule has 7 nitrogen and oxygen atoms in total. The smallest absolute Gasteiger partial charge is 0.296 e. The predicted octanol–water partition coefficient (Wildman–Crippen LogP) is 1.12. The topological polar surface area (TPSA) is 110 Å². The fourth-order valence-corrected chi connectivity index (χ4v) is 4.10. The average molecular weight is 371 g/mol. The largest absolute Gasteiger partial charge is 0.318 e. The van der Waals surface area contributed by atoms with Gasteiger partial charge in [-0.25, -0.2) is 13.6 Å². The number of sulfonamides is 1. The summed E-state index contributed by atoms with van der Waals surface area (Å²) in [5, 5.41) is 7.85. The molecular formula is C18H17N3O4S. The van der Waals surface area contributed by atoms with Crippen LogP contribution in [-0.2, 0) is 27.8 Å². The molecule has 2 heterocycles. The maximum Gasteiger partial charge on any atom is 0.296 e. The number of likely N-dealkylation sites (N-methyl/N-ethyl adjacent to an activating group) is 1. The molecule has 0 fully saturated rings. The van der Waals surface area contributed by atoms with Gasteiger partial charge < -0.3 is 10.2 Å². The molecule has 0 unspecified atom stereocenters. The monoisotopic (exact) mass is 371 g/mol. The second-order valence-corrected chi connectivity index (χ2v) is 8.21. The lowest BCUT2D eigenvalue weighted by molar-refractivity contribution is -0.112. The number of hydrogen-bond donors (Lipinski definition) is 2. The van der Waals surface area contributed by atoms with Gasteiger partial charge in [0.2, 0.25) is 10.0 Å². The minimum atomic E-state index is -3.77. The molecule has 134 valence electrons. The zero-order valence-corrected chi connectivity index (χ0v) is 14.9. The normalized spacial score (nSPS) is 17.0. The quantitative estimate of drug-likeness (QED) is 0.769. The summed E-state index contributed by atoms with van der Waals surface area (Å²) in [7, 11) is -1.78. The summed E-state index contributed by atoms with van der Waals surface area (Å²) in [5.41, 5.74) is 4.62. The van der Waals surface area contributed by atoms with E-state index in [1.165, 1.54) is 12.1 Å². The van der Waals surface area contributed by atoms with Crippen LogP contribution >= 0.6 is 0 Å². The molecule has 0 saturated heterocycles. The van der Waals surface area contributed by atoms with Crippen molar-refractivity contribution in [2.75, 3.05) is 18.9 Å². The lowest BCUT2D eigenvalue weighted by atomic mass is 9.87. The van der Waals surface area contributed by atoms with E-state index in [0.717, 1.165) is 35.2 Å². The molecule has 0 aromatic heterocycles. The Balaban J connectivity index is 1.91. The number of Topliss-reactive ketones (excluding diaryl/α,β-unsaturated/α-hetero) is 1. The first kappa shape index (κ1) is 16.9. The minimum Gasteiger partial charge on any atom is -0.318 e. The number of fused-ring (bicyclic) bond motifs is 3. The van der Waals surface area contributed by atoms with Crippen LogP contribution in [0.4, 0.5) is 5.69 Å². The molecule has 0 aliphatic carbocycles. The summed E-state index contributed by atoms with van der Waals surface area (Å²) in [6, 6.07) is 7.98. The maximum atomic E-state index is 12.2. The van der Waals surface area contributed by atoms with Crippen LogP contribution in [0.25, 0.3) is 11.1 Å². The molecule has 0 atom stereocenters. The number of hydrogen-bond acceptors (Lipinski definition) is 5. The lowest BCUT2D eigenvalue weighted by Gasteiger charge is -2.29. The van der Waals surface area contributed by atoms with Crippen LogP contribution in [0.1, 0.15) is 21.5 Å². The third kappa shape index (κ3) is 2.63. The van der Waals surface area contributed by atoms with E-state index in [4.69, 9.17) is 5.14 Å². The Morgan fingerprint density at radius 3 is 2.42 bits per heavy atom. The summed E-state index contributed by atoms with van der Waals surface area (Å²) < 4.78 is 22.9. The molecule has 0 spiro atoms. The molecule has 0 radical (unpaired) electrons. The van der Waals surface area contributed by atoms with E-state index in [9.17, 15) is 18.0 Å². The van der Waals surface area contributed by atoms with Gasteiger partial charge in [0.05, 0.1) is 16.1 Å². The Hall–Kier alpha value is -2.55. The number of nitrogens with zero attached hydrogens (tertiary/aromatic N) is 1. The number of carbonyl (C=O) groups excluding carboxylic acids is 2. The summed E-state index contributed by atoms with van der Waals surface area (Å²) in [6.07, 6.45) is 0.773. The van der Waals surface area contributed by atoms with Crippen LogP contribution in [0.5, 0.6) is 0 Å². The van der Waals surface area contributed by atoms with E-state index in [1.807, 2.05) is 7.05 Å². The number of ketones is 1. The van der Waals surface area contributed by atoms with E-state index >= 15 is 0 Å². The molecule has 2 aliphatic heterocycles. The third-order valence-electron chi connectivity index (χ3n) is 4.90. The highest BCUT2D eigenvalue weighted by Gasteiger charge is 2.34. The van der Waals surface area contributed by atoms with Gasteiger partial charge in [0, 0.05) is 13.1 Å². The van der Waals surface area contributed by atoms with Crippen molar-refractivity contribution in [2.45, 2.75) is 17.9 Å². The highest BCUT2D eigenvalue weighted by molar-refractivity contribution is 7.89. The molecule has 1 amide bonds. The Morgan fingerprint density at radius 2 is 1.77 bits per heavy atom. The molecule has 2 aliphatic rings. The van der Waals surface area contributed by atoms with Crippen molar-refractivity contribution in [1.29, 1.82) is 0 Å². The molecule has 2 aromatic carbocycles. The predicted molar refractivity (Wildman–Crippen MR) is 96.2 cm³/mol. The van der Waals surface area contributed by atoms with Crippen molar-refractivity contribution in [3.63, 3.8) is 0 Å². The second-order valence-electron chi connectivity index (χ2n) is 6.64. The summed E-state index contributed by atoms with van der Waals surface area (Å²) in [5.74, 6) is -1.16. The van der Waals surface area contributed by atoms with Crippen LogP contribution in [0.2, 0.25) is 0 Å². The van der Waals surface area contributed by atoms with E-state index in [1.54, 1.807) is 18.2 Å².